The molecule has 2 nitrogen and oxygen atoms in total. The maximum atomic E-state index is 5.63. The zero-order valence-corrected chi connectivity index (χ0v) is 12.8. The zero-order valence-electron chi connectivity index (χ0n) is 12.8. The molecular formula is C17H32N2. The Morgan fingerprint density at radius 3 is 1.95 bits per heavy atom. The fourth-order valence-corrected chi connectivity index (χ4v) is 2.60. The van der Waals surface area contributed by atoms with Crippen molar-refractivity contribution in [3.05, 3.63) is 12.3 Å². The summed E-state index contributed by atoms with van der Waals surface area (Å²) in [6.07, 6.45) is 15.2. The Hall–Kier alpha value is -0.940. The van der Waals surface area contributed by atoms with Crippen LogP contribution in [0.15, 0.2) is 12.3 Å². The SMILES string of the molecule is C#CC1CCC(C(=C)N)C1.CC.NC1CCCCC1. The molecule has 4 N–H and O–H groups in total. The van der Waals surface area contributed by atoms with Gasteiger partial charge in [0.1, 0.15) is 0 Å². The first kappa shape index (κ1) is 18.1. The molecule has 0 aromatic rings. The summed E-state index contributed by atoms with van der Waals surface area (Å²) >= 11 is 0. The lowest BCUT2D eigenvalue weighted by molar-refractivity contribution is 0.441. The number of terminal acetylenes is 1. The van der Waals surface area contributed by atoms with Crippen LogP contribution in [0.1, 0.15) is 65.2 Å². The van der Waals surface area contributed by atoms with Crippen molar-refractivity contribution in [3.8, 4) is 12.3 Å². The Bertz CT molecular complexity index is 271. The molecule has 0 spiro atoms. The third kappa shape index (κ3) is 7.95. The summed E-state index contributed by atoms with van der Waals surface area (Å²) in [4.78, 5) is 0. The van der Waals surface area contributed by atoms with Crippen molar-refractivity contribution >= 4 is 0 Å². The van der Waals surface area contributed by atoms with Crippen LogP contribution in [0.25, 0.3) is 0 Å². The smallest absolute Gasteiger partial charge is 0.0206 e. The standard InChI is InChI=1S/C9H13N.C6H13N.C2H6/c1-3-8-4-5-9(6-8)7(2)10;7-6-4-2-1-3-5-6;1-2/h1,8-9H,2,4-6,10H2;6H,1-5,7H2;1-2H3. The molecule has 0 heterocycles. The topological polar surface area (TPSA) is 52.0 Å². The van der Waals surface area contributed by atoms with Crippen molar-refractivity contribution in [1.82, 2.24) is 0 Å². The van der Waals surface area contributed by atoms with E-state index < -0.39 is 0 Å². The summed E-state index contributed by atoms with van der Waals surface area (Å²) in [5.41, 5.74) is 12.0. The molecule has 0 aliphatic heterocycles. The number of allylic oxidation sites excluding steroid dienone is 1. The van der Waals surface area contributed by atoms with Crippen LogP contribution in [0.2, 0.25) is 0 Å². The van der Waals surface area contributed by atoms with E-state index in [0.717, 1.165) is 25.0 Å². The van der Waals surface area contributed by atoms with Gasteiger partial charge < -0.3 is 11.5 Å². The first-order chi connectivity index (χ1) is 9.13. The minimum atomic E-state index is 0.449. The molecule has 2 unspecified atom stereocenters. The van der Waals surface area contributed by atoms with Crippen LogP contribution >= 0.6 is 0 Å². The molecule has 2 aliphatic carbocycles. The normalized spacial score (nSPS) is 26.2. The first-order valence-corrected chi connectivity index (χ1v) is 7.79. The van der Waals surface area contributed by atoms with Crippen LogP contribution in [0.4, 0.5) is 0 Å². The summed E-state index contributed by atoms with van der Waals surface area (Å²) in [5.74, 6) is 3.69. The molecule has 0 aromatic heterocycles. The van der Waals surface area contributed by atoms with E-state index >= 15 is 0 Å². The maximum absolute atomic E-state index is 5.63. The van der Waals surface area contributed by atoms with Gasteiger partial charge in [0, 0.05) is 17.7 Å². The van der Waals surface area contributed by atoms with Crippen LogP contribution in [0.3, 0.4) is 0 Å². The lowest BCUT2D eigenvalue weighted by atomic mass is 9.97. The zero-order chi connectivity index (χ0) is 14.7. The molecule has 2 aliphatic rings. The lowest BCUT2D eigenvalue weighted by Gasteiger charge is -2.15. The minimum absolute atomic E-state index is 0.449. The minimum Gasteiger partial charge on any atom is -0.402 e. The quantitative estimate of drug-likeness (QED) is 0.708. The second-order valence-corrected chi connectivity index (χ2v) is 5.35. The van der Waals surface area contributed by atoms with E-state index in [-0.39, 0.29) is 0 Å². The van der Waals surface area contributed by atoms with Gasteiger partial charge >= 0.3 is 0 Å². The third-order valence-corrected chi connectivity index (χ3v) is 3.84. The van der Waals surface area contributed by atoms with Crippen LogP contribution in [0.5, 0.6) is 0 Å². The van der Waals surface area contributed by atoms with Crippen molar-refractivity contribution in [2.24, 2.45) is 23.3 Å². The number of rotatable bonds is 1. The van der Waals surface area contributed by atoms with Gasteiger partial charge in [-0.05, 0) is 38.0 Å². The highest BCUT2D eigenvalue weighted by molar-refractivity contribution is 5.05. The summed E-state index contributed by atoms with van der Waals surface area (Å²) in [6, 6.07) is 0.536. The second-order valence-electron chi connectivity index (χ2n) is 5.35. The van der Waals surface area contributed by atoms with Crippen LogP contribution in [-0.4, -0.2) is 6.04 Å². The third-order valence-electron chi connectivity index (χ3n) is 3.84. The van der Waals surface area contributed by atoms with Gasteiger partial charge in [0.05, 0.1) is 0 Å². The number of nitrogens with two attached hydrogens (primary N) is 2. The van der Waals surface area contributed by atoms with Gasteiger partial charge in [0.15, 0.2) is 0 Å². The number of hydrogen-bond acceptors (Lipinski definition) is 2. The van der Waals surface area contributed by atoms with Gasteiger partial charge in [-0.2, -0.15) is 0 Å². The van der Waals surface area contributed by atoms with Crippen LogP contribution < -0.4 is 11.5 Å². The molecule has 0 amide bonds. The van der Waals surface area contributed by atoms with Gasteiger partial charge in [-0.25, -0.2) is 0 Å². The van der Waals surface area contributed by atoms with E-state index in [1.54, 1.807) is 0 Å². The van der Waals surface area contributed by atoms with Gasteiger partial charge in [-0.3, -0.25) is 0 Å². The van der Waals surface area contributed by atoms with Crippen LogP contribution in [-0.2, 0) is 0 Å². The van der Waals surface area contributed by atoms with Crippen molar-refractivity contribution < 1.29 is 0 Å². The first-order valence-electron chi connectivity index (χ1n) is 7.79. The highest BCUT2D eigenvalue weighted by Gasteiger charge is 2.23. The summed E-state index contributed by atoms with van der Waals surface area (Å²) in [7, 11) is 0. The highest BCUT2D eigenvalue weighted by Crippen LogP contribution is 2.32. The monoisotopic (exact) mass is 264 g/mol. The Kier molecular flexibility index (Phi) is 10.4. The van der Waals surface area contributed by atoms with E-state index in [1.807, 2.05) is 13.8 Å². The van der Waals surface area contributed by atoms with Gasteiger partial charge in [-0.1, -0.05) is 39.7 Å². The van der Waals surface area contributed by atoms with Crippen molar-refractivity contribution in [2.45, 2.75) is 71.3 Å². The second kappa shape index (κ2) is 10.9. The molecule has 0 bridgehead atoms. The molecule has 2 fully saturated rings. The highest BCUT2D eigenvalue weighted by atomic mass is 14.6. The van der Waals surface area contributed by atoms with E-state index in [0.29, 0.717) is 17.9 Å². The molecule has 2 rings (SSSR count). The molecule has 19 heavy (non-hydrogen) atoms. The lowest BCUT2D eigenvalue weighted by Crippen LogP contribution is -2.22. The Balaban J connectivity index is 0.000000316. The van der Waals surface area contributed by atoms with Crippen LogP contribution in [0, 0.1) is 24.2 Å². The van der Waals surface area contributed by atoms with Crippen molar-refractivity contribution in [3.63, 3.8) is 0 Å². The predicted octanol–water partition coefficient (Wildman–Crippen LogP) is 3.81. The average Bonchev–Trinajstić information content (AvgIpc) is 2.92. The Morgan fingerprint density at radius 2 is 1.68 bits per heavy atom. The van der Waals surface area contributed by atoms with E-state index in [2.05, 4.69) is 12.5 Å². The predicted molar refractivity (Wildman–Crippen MR) is 85.4 cm³/mol. The molecule has 2 saturated carbocycles. The van der Waals surface area contributed by atoms with E-state index in [9.17, 15) is 0 Å². The largest absolute Gasteiger partial charge is 0.402 e. The maximum Gasteiger partial charge on any atom is 0.0206 e. The molecule has 2 heteroatoms. The molecule has 0 radical (unpaired) electrons. The Morgan fingerprint density at radius 1 is 1.11 bits per heavy atom. The fraction of sp³-hybridized carbons (Fsp3) is 0.765. The molecule has 110 valence electrons. The molecule has 0 aromatic carbocycles. The van der Waals surface area contributed by atoms with Crippen molar-refractivity contribution in [1.29, 1.82) is 0 Å². The molecule has 2 atom stereocenters. The average molecular weight is 264 g/mol. The van der Waals surface area contributed by atoms with Gasteiger partial charge in [-0.15, -0.1) is 12.3 Å². The number of hydrogen-bond donors (Lipinski definition) is 2. The van der Waals surface area contributed by atoms with E-state index in [4.69, 9.17) is 17.9 Å². The van der Waals surface area contributed by atoms with Gasteiger partial charge in [0.2, 0.25) is 0 Å². The fourth-order valence-electron chi connectivity index (χ4n) is 2.60. The molecular weight excluding hydrogens is 232 g/mol. The summed E-state index contributed by atoms with van der Waals surface area (Å²) in [5, 5.41) is 0. The van der Waals surface area contributed by atoms with E-state index in [1.165, 1.54) is 32.1 Å². The van der Waals surface area contributed by atoms with Gasteiger partial charge in [0.25, 0.3) is 0 Å². The summed E-state index contributed by atoms with van der Waals surface area (Å²) < 4.78 is 0. The summed E-state index contributed by atoms with van der Waals surface area (Å²) in [6.45, 7) is 7.72. The molecule has 0 saturated heterocycles. The van der Waals surface area contributed by atoms with Crippen molar-refractivity contribution in [2.75, 3.05) is 0 Å². The Labute approximate surface area is 120 Å².